The number of carbonyl (C=O) groups is 1. The van der Waals surface area contributed by atoms with Crippen LogP contribution in [0.4, 0.5) is 0 Å². The highest BCUT2D eigenvalue weighted by Gasteiger charge is 2.29. The van der Waals surface area contributed by atoms with E-state index in [1.807, 2.05) is 0 Å². The van der Waals surface area contributed by atoms with Crippen molar-refractivity contribution in [1.29, 1.82) is 0 Å². The Bertz CT molecular complexity index is 1230. The fourth-order valence-corrected chi connectivity index (χ4v) is 4.45. The van der Waals surface area contributed by atoms with Crippen LogP contribution in [0.2, 0.25) is 0 Å². The van der Waals surface area contributed by atoms with Crippen LogP contribution in [0.25, 0.3) is 22.3 Å². The van der Waals surface area contributed by atoms with Crippen LogP contribution in [-0.4, -0.2) is 45.7 Å². The van der Waals surface area contributed by atoms with Gasteiger partial charge in [-0.15, -0.1) is 10.2 Å². The van der Waals surface area contributed by atoms with E-state index in [9.17, 15) is 18.0 Å². The predicted octanol–water partition coefficient (Wildman–Crippen LogP) is -0.167. The third-order valence-corrected chi connectivity index (χ3v) is 5.60. The Balaban J connectivity index is 2.01. The number of pyridine rings is 1. The predicted molar refractivity (Wildman–Crippen MR) is 91.9 cm³/mol. The lowest BCUT2D eigenvalue weighted by Crippen LogP contribution is -2.27. The van der Waals surface area contributed by atoms with Crippen LogP contribution in [0.15, 0.2) is 34.5 Å². The molecule has 11 heteroatoms. The van der Waals surface area contributed by atoms with Crippen LogP contribution in [0, 0.1) is 0 Å². The minimum Gasteiger partial charge on any atom is -0.365 e. The molecule has 0 bridgehead atoms. The molecule has 4 rings (SSSR count). The molecule has 4 N–H and O–H groups in total. The van der Waals surface area contributed by atoms with Crippen LogP contribution < -0.4 is 11.3 Å². The van der Waals surface area contributed by atoms with E-state index in [0.29, 0.717) is 27.9 Å². The Morgan fingerprint density at radius 3 is 2.73 bits per heavy atom. The molecule has 3 heterocycles. The zero-order chi connectivity index (χ0) is 18.5. The number of amides is 1. The van der Waals surface area contributed by atoms with Crippen molar-refractivity contribution in [3.05, 3.63) is 51.2 Å². The number of aromatic nitrogens is 5. The summed E-state index contributed by atoms with van der Waals surface area (Å²) in [6, 6.07) is 4.98. The van der Waals surface area contributed by atoms with Gasteiger partial charge < -0.3 is 10.7 Å². The number of fused-ring (bicyclic) bond motifs is 1. The maximum atomic E-state index is 12.4. The first kappa shape index (κ1) is 16.1. The van der Waals surface area contributed by atoms with E-state index in [2.05, 4.69) is 25.6 Å². The largest absolute Gasteiger partial charge is 0.365 e. The van der Waals surface area contributed by atoms with Crippen molar-refractivity contribution in [2.24, 2.45) is 5.73 Å². The number of aromatic amines is 2. The summed E-state index contributed by atoms with van der Waals surface area (Å²) in [7, 11) is -3.39. The van der Waals surface area contributed by atoms with Gasteiger partial charge in [-0.2, -0.15) is 5.21 Å². The van der Waals surface area contributed by atoms with E-state index in [-0.39, 0.29) is 11.3 Å². The number of allylic oxidation sites excluding steroid dienone is 1. The molecule has 1 amide bonds. The maximum absolute atomic E-state index is 12.4. The van der Waals surface area contributed by atoms with E-state index >= 15 is 0 Å². The standard InChI is InChI=1S/C15H12N6O4S/c16-13(22)12-11(8-3-4-26(24,25)6-8)9-2-1-7(14-18-20-21-19-14)5-10(9)17-15(12)23/h1-5,8H,6H2,(H2,16,22)(H,17,23)(H,18,19,20,21). The Kier molecular flexibility index (Phi) is 3.47. The first-order valence-corrected chi connectivity index (χ1v) is 9.22. The van der Waals surface area contributed by atoms with Gasteiger partial charge >= 0.3 is 0 Å². The second-order valence-electron chi connectivity index (χ2n) is 5.87. The van der Waals surface area contributed by atoms with Crippen molar-refractivity contribution < 1.29 is 13.2 Å². The minimum absolute atomic E-state index is 0.224. The van der Waals surface area contributed by atoms with Crippen LogP contribution in [-0.2, 0) is 9.84 Å². The molecule has 1 aliphatic heterocycles. The number of nitrogens with zero attached hydrogens (tertiary/aromatic N) is 3. The lowest BCUT2D eigenvalue weighted by Gasteiger charge is -2.15. The number of nitrogens with two attached hydrogens (primary N) is 1. The van der Waals surface area contributed by atoms with Gasteiger partial charge in [0.1, 0.15) is 5.56 Å². The van der Waals surface area contributed by atoms with Gasteiger partial charge in [-0.05, 0) is 16.8 Å². The third-order valence-electron chi connectivity index (χ3n) is 4.21. The zero-order valence-electron chi connectivity index (χ0n) is 13.1. The highest BCUT2D eigenvalue weighted by molar-refractivity contribution is 7.94. The van der Waals surface area contributed by atoms with Crippen molar-refractivity contribution >= 4 is 26.6 Å². The Morgan fingerprint density at radius 2 is 2.12 bits per heavy atom. The van der Waals surface area contributed by atoms with Crippen LogP contribution in [0.1, 0.15) is 21.8 Å². The molecule has 1 unspecified atom stereocenters. The highest BCUT2D eigenvalue weighted by atomic mass is 32.2. The molecule has 1 aliphatic rings. The SMILES string of the molecule is NC(=O)c1c(C2C=CS(=O)(=O)C2)c2ccc(-c3nn[nH]n3)cc2[nH]c1=O. The maximum Gasteiger partial charge on any atom is 0.261 e. The average molecular weight is 372 g/mol. The highest BCUT2D eigenvalue weighted by Crippen LogP contribution is 2.33. The Hall–Kier alpha value is -3.34. The van der Waals surface area contributed by atoms with E-state index in [1.54, 1.807) is 18.2 Å². The molecule has 0 fully saturated rings. The summed E-state index contributed by atoms with van der Waals surface area (Å²) in [6.45, 7) is 0. The summed E-state index contributed by atoms with van der Waals surface area (Å²) in [5.41, 5.74) is 5.77. The number of sulfone groups is 1. The van der Waals surface area contributed by atoms with E-state index < -0.39 is 27.2 Å². The summed E-state index contributed by atoms with van der Waals surface area (Å²) in [4.78, 5) is 26.9. The number of tetrazole rings is 1. The Labute approximate surface area is 146 Å². The van der Waals surface area contributed by atoms with Crippen molar-refractivity contribution in [1.82, 2.24) is 25.6 Å². The van der Waals surface area contributed by atoms with E-state index in [1.165, 1.54) is 6.08 Å². The number of carbonyl (C=O) groups excluding carboxylic acids is 1. The van der Waals surface area contributed by atoms with Gasteiger partial charge in [0.15, 0.2) is 9.84 Å². The molecular weight excluding hydrogens is 360 g/mol. The second kappa shape index (κ2) is 5.59. The summed E-state index contributed by atoms with van der Waals surface area (Å²) >= 11 is 0. The van der Waals surface area contributed by atoms with Crippen molar-refractivity contribution in [3.8, 4) is 11.4 Å². The van der Waals surface area contributed by atoms with Gasteiger partial charge in [0.2, 0.25) is 5.82 Å². The monoisotopic (exact) mass is 372 g/mol. The topological polar surface area (TPSA) is 165 Å². The molecule has 0 radical (unpaired) electrons. The van der Waals surface area contributed by atoms with Crippen LogP contribution >= 0.6 is 0 Å². The molecule has 1 aromatic carbocycles. The van der Waals surface area contributed by atoms with E-state index in [0.717, 1.165) is 5.41 Å². The van der Waals surface area contributed by atoms with E-state index in [4.69, 9.17) is 5.73 Å². The lowest BCUT2D eigenvalue weighted by molar-refractivity contribution is 0.0998. The number of hydrogen-bond donors (Lipinski definition) is 3. The van der Waals surface area contributed by atoms with Gasteiger partial charge in [-0.1, -0.05) is 18.2 Å². The molecule has 2 aromatic heterocycles. The first-order chi connectivity index (χ1) is 12.4. The van der Waals surface area contributed by atoms with Gasteiger partial charge in [0, 0.05) is 27.8 Å². The fraction of sp³-hybridized carbons (Fsp3) is 0.133. The quantitative estimate of drug-likeness (QED) is 0.574. The van der Waals surface area contributed by atoms with Gasteiger partial charge in [-0.3, -0.25) is 9.59 Å². The number of primary amides is 1. The number of hydrogen-bond acceptors (Lipinski definition) is 7. The second-order valence-corrected chi connectivity index (χ2v) is 7.80. The van der Waals surface area contributed by atoms with Crippen LogP contribution in [0.5, 0.6) is 0 Å². The van der Waals surface area contributed by atoms with Crippen molar-refractivity contribution in [2.45, 2.75) is 5.92 Å². The number of benzene rings is 1. The molecule has 0 aliphatic carbocycles. The zero-order valence-corrected chi connectivity index (χ0v) is 13.9. The number of rotatable bonds is 3. The van der Waals surface area contributed by atoms with Gasteiger partial charge in [0.25, 0.3) is 11.5 Å². The molecule has 0 spiro atoms. The molecular formula is C15H12N6O4S. The summed E-state index contributed by atoms with van der Waals surface area (Å²) in [5, 5.41) is 15.2. The summed E-state index contributed by atoms with van der Waals surface area (Å²) < 4.78 is 23.6. The molecule has 132 valence electrons. The molecule has 10 nitrogen and oxygen atoms in total. The minimum atomic E-state index is -3.39. The first-order valence-electron chi connectivity index (χ1n) is 7.50. The summed E-state index contributed by atoms with van der Waals surface area (Å²) in [5.74, 6) is -1.44. The molecule has 26 heavy (non-hydrogen) atoms. The number of nitrogens with one attached hydrogen (secondary N) is 2. The third kappa shape index (κ3) is 2.58. The summed E-state index contributed by atoms with van der Waals surface area (Å²) in [6.07, 6.45) is 1.46. The molecule has 0 saturated carbocycles. The Morgan fingerprint density at radius 1 is 1.31 bits per heavy atom. The van der Waals surface area contributed by atoms with Gasteiger partial charge in [0.05, 0.1) is 5.75 Å². The smallest absolute Gasteiger partial charge is 0.261 e. The molecule has 1 atom stereocenters. The van der Waals surface area contributed by atoms with Crippen molar-refractivity contribution in [3.63, 3.8) is 0 Å². The van der Waals surface area contributed by atoms with Crippen molar-refractivity contribution in [2.75, 3.05) is 5.75 Å². The fourth-order valence-electron chi connectivity index (χ4n) is 3.13. The average Bonchev–Trinajstić information content (AvgIpc) is 3.22. The van der Waals surface area contributed by atoms with Crippen LogP contribution in [0.3, 0.4) is 0 Å². The number of H-pyrrole nitrogens is 2. The molecule has 3 aromatic rings. The normalized spacial score (nSPS) is 18.4. The lowest BCUT2D eigenvalue weighted by atomic mass is 9.91. The van der Waals surface area contributed by atoms with Gasteiger partial charge in [-0.25, -0.2) is 8.42 Å². The molecule has 0 saturated heterocycles.